The zero-order chi connectivity index (χ0) is 7.56. The van der Waals surface area contributed by atoms with Crippen LogP contribution in [-0.4, -0.2) is 0 Å². The fourth-order valence-corrected chi connectivity index (χ4v) is 2.71. The standard InChI is InChI=1S/C9H13.W.2H/c1-3-8-6-5-7-9(8)4-2;;;/h6H,3-5H2,1-2H3;;;/q;;2*-1. The molecule has 0 amide bonds. The summed E-state index contributed by atoms with van der Waals surface area (Å²) in [5.41, 5.74) is 3.25. The van der Waals surface area contributed by atoms with Gasteiger partial charge in [0, 0.05) is 0 Å². The van der Waals surface area contributed by atoms with Crippen molar-refractivity contribution in [3.8, 4) is 0 Å². The summed E-state index contributed by atoms with van der Waals surface area (Å²) in [4.78, 5) is 0. The molecule has 0 aromatic rings. The molecular formula is C9H15W-2. The molecule has 1 heteroatoms. The van der Waals surface area contributed by atoms with Crippen molar-refractivity contribution in [1.29, 1.82) is 0 Å². The monoisotopic (exact) mass is 307 g/mol. The summed E-state index contributed by atoms with van der Waals surface area (Å²) in [5, 5.41) is 0. The number of allylic oxidation sites excluding steroid dienone is 4. The molecule has 0 unspecified atom stereocenters. The molecule has 0 heterocycles. The van der Waals surface area contributed by atoms with Crippen LogP contribution in [0, 0.1) is 0 Å². The molecule has 0 atom stereocenters. The Kier molecular flexibility index (Phi) is 2.92. The number of rotatable bonds is 2. The molecule has 0 radical (unpaired) electrons. The maximum absolute atomic E-state index is 2.39. The van der Waals surface area contributed by atoms with Gasteiger partial charge in [0.2, 0.25) is 0 Å². The molecular weight excluding hydrogens is 292 g/mol. The maximum Gasteiger partial charge on any atom is -1.00 e. The fourth-order valence-electron chi connectivity index (χ4n) is 1.42. The molecule has 0 spiro atoms. The molecule has 0 saturated carbocycles. The van der Waals surface area contributed by atoms with Gasteiger partial charge in [-0.25, -0.2) is 0 Å². The average molecular weight is 307 g/mol. The van der Waals surface area contributed by atoms with E-state index in [1.165, 1.54) is 19.3 Å². The minimum absolute atomic E-state index is 0. The van der Waals surface area contributed by atoms with Crippen LogP contribution in [0.2, 0.25) is 0 Å². The Morgan fingerprint density at radius 2 is 2.20 bits per heavy atom. The van der Waals surface area contributed by atoms with Gasteiger partial charge in [-0.3, -0.25) is 0 Å². The third-order valence-electron chi connectivity index (χ3n) is 1.99. The molecule has 0 fully saturated rings. The maximum atomic E-state index is 2.39. The van der Waals surface area contributed by atoms with Crippen LogP contribution in [0.1, 0.15) is 36.0 Å². The Hall–Kier alpha value is 0.168. The smallest absolute Gasteiger partial charge is 1.00 e. The van der Waals surface area contributed by atoms with Gasteiger partial charge in [0.05, 0.1) is 0 Å². The first-order valence-corrected chi connectivity index (χ1v) is 5.34. The van der Waals surface area contributed by atoms with E-state index in [1.807, 2.05) is 0 Å². The van der Waals surface area contributed by atoms with Crippen molar-refractivity contribution in [3.05, 3.63) is 21.2 Å². The fraction of sp³-hybridized carbons (Fsp3) is 0.556. The Morgan fingerprint density at radius 3 is 2.60 bits per heavy atom. The topological polar surface area (TPSA) is 0 Å². The molecule has 1 aliphatic carbocycles. The molecule has 0 aromatic carbocycles. The van der Waals surface area contributed by atoms with Crippen LogP contribution in [0.25, 0.3) is 0 Å². The van der Waals surface area contributed by atoms with E-state index in [4.69, 9.17) is 0 Å². The van der Waals surface area contributed by atoms with Gasteiger partial charge in [-0.15, -0.1) is 0 Å². The van der Waals surface area contributed by atoms with E-state index in [1.54, 1.807) is 34.9 Å². The van der Waals surface area contributed by atoms with E-state index in [2.05, 4.69) is 19.9 Å². The number of hydrogen-bond acceptors (Lipinski definition) is 0. The quantitative estimate of drug-likeness (QED) is 0.735. The van der Waals surface area contributed by atoms with Crippen LogP contribution in [-0.2, 0) is 19.8 Å². The minimum atomic E-state index is 0. The summed E-state index contributed by atoms with van der Waals surface area (Å²) >= 11 is 1.66. The second kappa shape index (κ2) is 3.53. The van der Waals surface area contributed by atoms with E-state index in [9.17, 15) is 0 Å². The summed E-state index contributed by atoms with van der Waals surface area (Å²) in [5.74, 6) is 0. The van der Waals surface area contributed by atoms with Gasteiger partial charge >= 0.3 is 74.1 Å². The normalized spacial score (nSPS) is 18.0. The zero-order valence-electron chi connectivity index (χ0n) is 8.61. The van der Waals surface area contributed by atoms with E-state index in [0.717, 1.165) is 0 Å². The van der Waals surface area contributed by atoms with Crippen molar-refractivity contribution in [2.45, 2.75) is 33.1 Å². The van der Waals surface area contributed by atoms with E-state index in [0.29, 0.717) is 0 Å². The first kappa shape index (κ1) is 8.27. The van der Waals surface area contributed by atoms with Gasteiger partial charge in [0.1, 0.15) is 0 Å². The van der Waals surface area contributed by atoms with Gasteiger partial charge in [-0.05, 0) is 0 Å². The largest absolute Gasteiger partial charge is 1.00 e. The Bertz CT molecular complexity index is 195. The Balaban J connectivity index is 0. The molecule has 0 nitrogen and oxygen atoms in total. The van der Waals surface area contributed by atoms with Crippen molar-refractivity contribution < 1.29 is 22.7 Å². The van der Waals surface area contributed by atoms with Crippen LogP contribution in [0.4, 0.5) is 0 Å². The zero-order valence-corrected chi connectivity index (χ0v) is 9.54. The second-order valence-corrected chi connectivity index (χ2v) is 4.31. The third-order valence-corrected chi connectivity index (χ3v) is 3.48. The predicted octanol–water partition coefficient (Wildman–Crippen LogP) is 3.16. The summed E-state index contributed by atoms with van der Waals surface area (Å²) < 4.78 is 1.67. The van der Waals surface area contributed by atoms with Crippen molar-refractivity contribution in [2.24, 2.45) is 0 Å². The second-order valence-electron chi connectivity index (χ2n) is 2.54. The van der Waals surface area contributed by atoms with Crippen LogP contribution >= 0.6 is 0 Å². The van der Waals surface area contributed by atoms with Crippen molar-refractivity contribution in [3.63, 3.8) is 0 Å². The summed E-state index contributed by atoms with van der Waals surface area (Å²) in [6.07, 6.45) is 6.08. The summed E-state index contributed by atoms with van der Waals surface area (Å²) in [6.45, 7) is 4.50. The van der Waals surface area contributed by atoms with Crippen molar-refractivity contribution >= 4 is 0 Å². The van der Waals surface area contributed by atoms with Crippen molar-refractivity contribution in [2.75, 3.05) is 0 Å². The third kappa shape index (κ3) is 1.42. The molecule has 0 aliphatic heterocycles. The SMILES string of the molecule is CCC1=CC[C]([W])=C1CC.[H-].[H-]. The van der Waals surface area contributed by atoms with E-state index < -0.39 is 0 Å². The van der Waals surface area contributed by atoms with Crippen LogP contribution in [0.5, 0.6) is 0 Å². The average Bonchev–Trinajstić information content (AvgIpc) is 2.30. The number of hydrogen-bond donors (Lipinski definition) is 0. The predicted molar refractivity (Wildman–Crippen MR) is 42.5 cm³/mol. The van der Waals surface area contributed by atoms with Gasteiger partial charge in [0.15, 0.2) is 0 Å². The van der Waals surface area contributed by atoms with E-state index >= 15 is 0 Å². The summed E-state index contributed by atoms with van der Waals surface area (Å²) in [6, 6.07) is 0. The van der Waals surface area contributed by atoms with E-state index in [-0.39, 0.29) is 2.85 Å². The Labute approximate surface area is 77.3 Å². The minimum Gasteiger partial charge on any atom is -1.00 e. The van der Waals surface area contributed by atoms with Crippen molar-refractivity contribution in [1.82, 2.24) is 0 Å². The molecule has 0 bridgehead atoms. The molecule has 1 rings (SSSR count). The molecule has 0 saturated heterocycles. The first-order chi connectivity index (χ1) is 4.79. The molecule has 0 aromatic heterocycles. The van der Waals surface area contributed by atoms with Crippen LogP contribution in [0.15, 0.2) is 21.2 Å². The van der Waals surface area contributed by atoms with Crippen LogP contribution in [0.3, 0.4) is 0 Å². The molecule has 10 heavy (non-hydrogen) atoms. The van der Waals surface area contributed by atoms with Gasteiger partial charge in [-0.1, -0.05) is 0 Å². The van der Waals surface area contributed by atoms with Gasteiger partial charge in [-0.2, -0.15) is 0 Å². The van der Waals surface area contributed by atoms with Gasteiger partial charge < -0.3 is 2.85 Å². The first-order valence-electron chi connectivity index (χ1n) is 3.88. The van der Waals surface area contributed by atoms with Gasteiger partial charge in [0.25, 0.3) is 0 Å². The van der Waals surface area contributed by atoms with Crippen LogP contribution < -0.4 is 0 Å². The molecule has 0 N–H and O–H groups in total. The molecule has 59 valence electrons. The summed E-state index contributed by atoms with van der Waals surface area (Å²) in [7, 11) is 0. The Morgan fingerprint density at radius 1 is 1.50 bits per heavy atom. The molecule has 1 aliphatic rings.